The molecule has 29 heavy (non-hydrogen) atoms. The molecular weight excluding hydrogens is 448 g/mol. The predicted octanol–water partition coefficient (Wildman–Crippen LogP) is 4.91. The number of carbonyl (C=O) groups excluding carboxylic acids is 1. The summed E-state index contributed by atoms with van der Waals surface area (Å²) in [5, 5.41) is 9.62. The van der Waals surface area contributed by atoms with Crippen molar-refractivity contribution in [3.63, 3.8) is 0 Å². The Hall–Kier alpha value is -2.12. The van der Waals surface area contributed by atoms with E-state index in [0.717, 1.165) is 47.1 Å². The van der Waals surface area contributed by atoms with Crippen LogP contribution in [0.5, 0.6) is 0 Å². The minimum Gasteiger partial charge on any atom is -0.343 e. The molecule has 0 atom stereocenters. The number of thioether (sulfide) groups is 1. The molecule has 3 aromatic rings. The highest BCUT2D eigenvalue weighted by Crippen LogP contribution is 2.26. The Labute approximate surface area is 184 Å². The predicted molar refractivity (Wildman–Crippen MR) is 122 cm³/mol. The molecule has 0 saturated carbocycles. The fourth-order valence-corrected chi connectivity index (χ4v) is 4.22. The van der Waals surface area contributed by atoms with Gasteiger partial charge in [0.25, 0.3) is 0 Å². The molecule has 0 N–H and O–H groups in total. The standard InChI is InChI=1S/C22H25BrN4OS/c1-3-26(4-2)20(28)16-29-22-25-24-21(18-10-12-19(23)13-11-18)27(22)15-14-17-8-6-5-7-9-17/h5-13H,3-4,14-16H2,1-2H3. The van der Waals surface area contributed by atoms with Gasteiger partial charge >= 0.3 is 0 Å². The van der Waals surface area contributed by atoms with Gasteiger partial charge in [-0.05, 0) is 38.0 Å². The zero-order valence-electron chi connectivity index (χ0n) is 16.7. The lowest BCUT2D eigenvalue weighted by Crippen LogP contribution is -2.31. The Morgan fingerprint density at radius 1 is 1.03 bits per heavy atom. The second-order valence-electron chi connectivity index (χ2n) is 6.56. The van der Waals surface area contributed by atoms with Crippen molar-refractivity contribution in [1.82, 2.24) is 19.7 Å². The van der Waals surface area contributed by atoms with Gasteiger partial charge in [-0.25, -0.2) is 0 Å². The summed E-state index contributed by atoms with van der Waals surface area (Å²) in [6, 6.07) is 18.4. The number of hydrogen-bond donors (Lipinski definition) is 0. The van der Waals surface area contributed by atoms with Crippen LogP contribution in [0.1, 0.15) is 19.4 Å². The Kier molecular flexibility index (Phi) is 7.89. The van der Waals surface area contributed by atoms with Gasteiger partial charge in [0.2, 0.25) is 5.91 Å². The lowest BCUT2D eigenvalue weighted by molar-refractivity contribution is -0.127. The first-order chi connectivity index (χ1) is 14.1. The number of hydrogen-bond acceptors (Lipinski definition) is 4. The average molecular weight is 473 g/mol. The summed E-state index contributed by atoms with van der Waals surface area (Å²) in [5.41, 5.74) is 2.27. The van der Waals surface area contributed by atoms with E-state index in [1.54, 1.807) is 0 Å². The van der Waals surface area contributed by atoms with Crippen LogP contribution in [-0.4, -0.2) is 44.4 Å². The van der Waals surface area contributed by atoms with Crippen molar-refractivity contribution in [1.29, 1.82) is 0 Å². The number of aryl methyl sites for hydroxylation is 1. The third-order valence-electron chi connectivity index (χ3n) is 4.73. The zero-order valence-corrected chi connectivity index (χ0v) is 19.1. The maximum absolute atomic E-state index is 12.4. The average Bonchev–Trinajstić information content (AvgIpc) is 3.15. The number of amides is 1. The van der Waals surface area contributed by atoms with Crippen molar-refractivity contribution in [3.8, 4) is 11.4 Å². The zero-order chi connectivity index (χ0) is 20.6. The minimum absolute atomic E-state index is 0.128. The van der Waals surface area contributed by atoms with Gasteiger partial charge in [-0.2, -0.15) is 0 Å². The van der Waals surface area contributed by atoms with Gasteiger partial charge < -0.3 is 9.47 Å². The normalized spacial score (nSPS) is 10.9. The SMILES string of the molecule is CCN(CC)C(=O)CSc1nnc(-c2ccc(Br)cc2)n1CCc1ccccc1. The van der Waals surface area contributed by atoms with Crippen LogP contribution in [0.15, 0.2) is 64.2 Å². The molecule has 3 rings (SSSR count). The highest BCUT2D eigenvalue weighted by molar-refractivity contribution is 9.10. The topological polar surface area (TPSA) is 51.0 Å². The Morgan fingerprint density at radius 3 is 2.38 bits per heavy atom. The van der Waals surface area contributed by atoms with E-state index in [9.17, 15) is 4.79 Å². The fourth-order valence-electron chi connectivity index (χ4n) is 3.09. The molecule has 0 aliphatic heterocycles. The van der Waals surface area contributed by atoms with Crippen LogP contribution in [0, 0.1) is 0 Å². The smallest absolute Gasteiger partial charge is 0.233 e. The monoisotopic (exact) mass is 472 g/mol. The van der Waals surface area contributed by atoms with Gasteiger partial charge in [0, 0.05) is 29.7 Å². The number of aromatic nitrogens is 3. The van der Waals surface area contributed by atoms with Gasteiger partial charge in [-0.15, -0.1) is 10.2 Å². The second kappa shape index (κ2) is 10.6. The molecule has 0 aliphatic carbocycles. The molecule has 0 unspecified atom stereocenters. The first-order valence-electron chi connectivity index (χ1n) is 9.76. The molecule has 1 aromatic heterocycles. The number of rotatable bonds is 9. The first kappa shape index (κ1) is 21.6. The third-order valence-corrected chi connectivity index (χ3v) is 6.21. The van der Waals surface area contributed by atoms with E-state index in [4.69, 9.17) is 0 Å². The molecule has 152 valence electrons. The molecule has 0 aliphatic rings. The molecule has 5 nitrogen and oxygen atoms in total. The Balaban J connectivity index is 1.83. The summed E-state index contributed by atoms with van der Waals surface area (Å²) in [4.78, 5) is 14.3. The molecule has 1 heterocycles. The van der Waals surface area contributed by atoms with Crippen LogP contribution in [0.4, 0.5) is 0 Å². The lowest BCUT2D eigenvalue weighted by atomic mass is 10.1. The van der Waals surface area contributed by atoms with Crippen molar-refractivity contribution in [2.75, 3.05) is 18.8 Å². The molecule has 0 spiro atoms. The van der Waals surface area contributed by atoms with Gasteiger partial charge in [-0.3, -0.25) is 4.79 Å². The molecule has 1 amide bonds. The Bertz CT molecular complexity index is 924. The van der Waals surface area contributed by atoms with Crippen molar-refractivity contribution in [3.05, 3.63) is 64.6 Å². The largest absolute Gasteiger partial charge is 0.343 e. The molecule has 7 heteroatoms. The highest BCUT2D eigenvalue weighted by Gasteiger charge is 2.17. The van der Waals surface area contributed by atoms with Crippen LogP contribution < -0.4 is 0 Å². The van der Waals surface area contributed by atoms with Gasteiger partial charge in [0.05, 0.1) is 5.75 Å². The molecular formula is C22H25BrN4OS. The number of halogens is 1. The summed E-state index contributed by atoms with van der Waals surface area (Å²) in [5.74, 6) is 1.32. The number of benzene rings is 2. The molecule has 0 radical (unpaired) electrons. The van der Waals surface area contributed by atoms with E-state index >= 15 is 0 Å². The highest BCUT2D eigenvalue weighted by atomic mass is 79.9. The fraction of sp³-hybridized carbons (Fsp3) is 0.318. The van der Waals surface area contributed by atoms with Crippen molar-refractivity contribution < 1.29 is 4.79 Å². The van der Waals surface area contributed by atoms with Crippen LogP contribution in [-0.2, 0) is 17.8 Å². The van der Waals surface area contributed by atoms with E-state index in [0.29, 0.717) is 5.75 Å². The van der Waals surface area contributed by atoms with Crippen molar-refractivity contribution >= 4 is 33.6 Å². The van der Waals surface area contributed by atoms with E-state index in [1.165, 1.54) is 17.3 Å². The third kappa shape index (κ3) is 5.70. The molecule has 2 aromatic carbocycles. The summed E-state index contributed by atoms with van der Waals surface area (Å²) in [6.07, 6.45) is 0.875. The van der Waals surface area contributed by atoms with Crippen LogP contribution >= 0.6 is 27.7 Å². The first-order valence-corrected chi connectivity index (χ1v) is 11.5. The van der Waals surface area contributed by atoms with Crippen LogP contribution in [0.2, 0.25) is 0 Å². The molecule has 0 fully saturated rings. The van der Waals surface area contributed by atoms with Crippen molar-refractivity contribution in [2.45, 2.75) is 32.0 Å². The molecule has 0 bridgehead atoms. The Morgan fingerprint density at radius 2 is 1.72 bits per heavy atom. The summed E-state index contributed by atoms with van der Waals surface area (Å²) in [6.45, 7) is 6.20. The maximum atomic E-state index is 12.4. The van der Waals surface area contributed by atoms with Crippen LogP contribution in [0.25, 0.3) is 11.4 Å². The second-order valence-corrected chi connectivity index (χ2v) is 8.41. The van der Waals surface area contributed by atoms with Gasteiger partial charge in [0.15, 0.2) is 11.0 Å². The van der Waals surface area contributed by atoms with E-state index in [2.05, 4.69) is 55.0 Å². The van der Waals surface area contributed by atoms with E-state index < -0.39 is 0 Å². The summed E-state index contributed by atoms with van der Waals surface area (Å²) in [7, 11) is 0. The summed E-state index contributed by atoms with van der Waals surface area (Å²) < 4.78 is 3.15. The summed E-state index contributed by atoms with van der Waals surface area (Å²) >= 11 is 4.94. The van der Waals surface area contributed by atoms with Crippen LogP contribution in [0.3, 0.4) is 0 Å². The van der Waals surface area contributed by atoms with Crippen molar-refractivity contribution in [2.24, 2.45) is 0 Å². The number of carbonyl (C=O) groups is 1. The maximum Gasteiger partial charge on any atom is 0.233 e. The van der Waals surface area contributed by atoms with E-state index in [-0.39, 0.29) is 5.91 Å². The molecule has 0 saturated heterocycles. The number of nitrogens with zero attached hydrogens (tertiary/aromatic N) is 4. The minimum atomic E-state index is 0.128. The van der Waals surface area contributed by atoms with Gasteiger partial charge in [0.1, 0.15) is 0 Å². The van der Waals surface area contributed by atoms with Gasteiger partial charge in [-0.1, -0.05) is 70.2 Å². The van der Waals surface area contributed by atoms with E-state index in [1.807, 2.05) is 49.1 Å². The lowest BCUT2D eigenvalue weighted by Gasteiger charge is -2.18. The quantitative estimate of drug-likeness (QED) is 0.415.